The Morgan fingerprint density at radius 2 is 0.800 bits per heavy atom. The minimum atomic E-state index is -0.601. The standard InChI is InChI=1S/C21H53N9/c1-2-21(26,27)7-16-30(19-17-28(12-3-8-22)13-4-9-23)20-18-29(14-5-10-24)15-6-11-25/h2-20,22-27H2,1H3. The minimum Gasteiger partial charge on any atom is -0.330 e. The summed E-state index contributed by atoms with van der Waals surface area (Å²) in [6.45, 7) is 14.0. The van der Waals surface area contributed by atoms with Crippen molar-refractivity contribution in [3.8, 4) is 0 Å². The van der Waals surface area contributed by atoms with Crippen LogP contribution < -0.4 is 34.4 Å². The van der Waals surface area contributed by atoms with Crippen LogP contribution in [0.25, 0.3) is 0 Å². The molecule has 0 unspecified atom stereocenters. The summed E-state index contributed by atoms with van der Waals surface area (Å²) >= 11 is 0. The first-order chi connectivity index (χ1) is 14.4. The fourth-order valence-corrected chi connectivity index (χ4v) is 3.37. The van der Waals surface area contributed by atoms with E-state index in [-0.39, 0.29) is 0 Å². The van der Waals surface area contributed by atoms with Gasteiger partial charge in [0.25, 0.3) is 0 Å². The normalized spacial score (nSPS) is 12.6. The monoisotopic (exact) mass is 431 g/mol. The third kappa shape index (κ3) is 16.3. The van der Waals surface area contributed by atoms with Crippen LogP contribution in [0.4, 0.5) is 0 Å². The molecule has 0 fully saturated rings. The molecule has 0 aliphatic rings. The van der Waals surface area contributed by atoms with Crippen LogP contribution in [0.5, 0.6) is 0 Å². The average molecular weight is 432 g/mol. The van der Waals surface area contributed by atoms with Crippen LogP contribution in [-0.2, 0) is 0 Å². The van der Waals surface area contributed by atoms with Crippen LogP contribution in [0, 0.1) is 0 Å². The first-order valence-corrected chi connectivity index (χ1v) is 12.0. The Labute approximate surface area is 185 Å². The third-order valence-corrected chi connectivity index (χ3v) is 5.73. The smallest absolute Gasteiger partial charge is 0.0646 e. The Hall–Kier alpha value is -0.360. The second kappa shape index (κ2) is 19.3. The molecule has 0 amide bonds. The van der Waals surface area contributed by atoms with E-state index in [0.29, 0.717) is 0 Å². The Bertz CT molecular complexity index is 328. The molecular weight excluding hydrogens is 378 g/mol. The zero-order valence-corrected chi connectivity index (χ0v) is 19.7. The van der Waals surface area contributed by atoms with Gasteiger partial charge in [0, 0.05) is 32.7 Å². The Kier molecular flexibility index (Phi) is 19.1. The SMILES string of the molecule is CCC(N)(N)CCN(CCN(CCCN)CCCN)CCN(CCCN)CCCN. The van der Waals surface area contributed by atoms with Gasteiger partial charge in [0.15, 0.2) is 0 Å². The fraction of sp³-hybridized carbons (Fsp3) is 1.00. The second-order valence-electron chi connectivity index (χ2n) is 8.43. The van der Waals surface area contributed by atoms with Crippen molar-refractivity contribution in [1.29, 1.82) is 0 Å². The highest BCUT2D eigenvalue weighted by molar-refractivity contribution is 4.77. The Morgan fingerprint density at radius 3 is 1.07 bits per heavy atom. The number of hydrogen-bond donors (Lipinski definition) is 6. The fourth-order valence-electron chi connectivity index (χ4n) is 3.37. The van der Waals surface area contributed by atoms with Crippen molar-refractivity contribution in [1.82, 2.24) is 14.7 Å². The molecule has 0 radical (unpaired) electrons. The third-order valence-electron chi connectivity index (χ3n) is 5.73. The maximum atomic E-state index is 6.21. The van der Waals surface area contributed by atoms with E-state index in [0.717, 1.165) is 124 Å². The van der Waals surface area contributed by atoms with Gasteiger partial charge in [-0.2, -0.15) is 0 Å². The highest BCUT2D eigenvalue weighted by atomic mass is 15.2. The lowest BCUT2D eigenvalue weighted by Gasteiger charge is -2.32. The summed E-state index contributed by atoms with van der Waals surface area (Å²) in [6, 6.07) is 0. The summed E-state index contributed by atoms with van der Waals surface area (Å²) in [4.78, 5) is 7.45. The molecule has 0 heterocycles. The van der Waals surface area contributed by atoms with Crippen molar-refractivity contribution in [2.24, 2.45) is 34.4 Å². The van der Waals surface area contributed by atoms with Gasteiger partial charge < -0.3 is 49.1 Å². The van der Waals surface area contributed by atoms with Crippen LogP contribution >= 0.6 is 0 Å². The average Bonchev–Trinajstić information content (AvgIpc) is 2.75. The van der Waals surface area contributed by atoms with E-state index in [1.807, 2.05) is 6.92 Å². The van der Waals surface area contributed by atoms with Crippen molar-refractivity contribution in [2.45, 2.75) is 51.1 Å². The summed E-state index contributed by atoms with van der Waals surface area (Å²) in [7, 11) is 0. The molecule has 12 N–H and O–H groups in total. The van der Waals surface area contributed by atoms with Gasteiger partial charge in [-0.25, -0.2) is 0 Å². The zero-order valence-electron chi connectivity index (χ0n) is 19.7. The van der Waals surface area contributed by atoms with Crippen molar-refractivity contribution >= 4 is 0 Å². The lowest BCUT2D eigenvalue weighted by atomic mass is 10.1. The van der Waals surface area contributed by atoms with Crippen molar-refractivity contribution < 1.29 is 0 Å². The van der Waals surface area contributed by atoms with Crippen LogP contribution in [0.2, 0.25) is 0 Å². The summed E-state index contributed by atoms with van der Waals surface area (Å²) in [6.07, 6.45) is 5.63. The molecule has 9 heteroatoms. The van der Waals surface area contributed by atoms with E-state index in [2.05, 4.69) is 14.7 Å². The second-order valence-corrected chi connectivity index (χ2v) is 8.43. The van der Waals surface area contributed by atoms with Gasteiger partial charge in [0.2, 0.25) is 0 Å². The Balaban J connectivity index is 4.83. The molecule has 9 nitrogen and oxygen atoms in total. The highest BCUT2D eigenvalue weighted by Gasteiger charge is 2.19. The molecule has 182 valence electrons. The molecule has 0 atom stereocenters. The molecule has 0 spiro atoms. The maximum Gasteiger partial charge on any atom is 0.0646 e. The quantitative estimate of drug-likeness (QED) is 0.114. The summed E-state index contributed by atoms with van der Waals surface area (Å²) in [5.41, 5.74) is 34.7. The maximum absolute atomic E-state index is 6.21. The van der Waals surface area contributed by atoms with Crippen molar-refractivity contribution in [3.63, 3.8) is 0 Å². The van der Waals surface area contributed by atoms with Gasteiger partial charge in [0.1, 0.15) is 0 Å². The number of nitrogens with zero attached hydrogens (tertiary/aromatic N) is 3. The molecule has 0 saturated heterocycles. The molecule has 0 aliphatic heterocycles. The van der Waals surface area contributed by atoms with Crippen LogP contribution in [-0.4, -0.2) is 105 Å². The van der Waals surface area contributed by atoms with E-state index in [1.165, 1.54) is 0 Å². The molecule has 0 aliphatic carbocycles. The lowest BCUT2D eigenvalue weighted by Crippen LogP contribution is -2.51. The predicted octanol–water partition coefficient (Wildman–Crippen LogP) is -1.30. The molecule has 0 aromatic heterocycles. The molecule has 0 rings (SSSR count). The van der Waals surface area contributed by atoms with Gasteiger partial charge in [-0.1, -0.05) is 6.92 Å². The first-order valence-electron chi connectivity index (χ1n) is 12.0. The van der Waals surface area contributed by atoms with E-state index < -0.39 is 5.66 Å². The molecular formula is C21H53N9. The largest absolute Gasteiger partial charge is 0.330 e. The van der Waals surface area contributed by atoms with Crippen LogP contribution in [0.1, 0.15) is 45.4 Å². The van der Waals surface area contributed by atoms with Gasteiger partial charge in [0.05, 0.1) is 5.66 Å². The zero-order chi connectivity index (χ0) is 22.7. The first kappa shape index (κ1) is 29.6. The molecule has 0 saturated carbocycles. The van der Waals surface area contributed by atoms with E-state index in [4.69, 9.17) is 34.4 Å². The number of rotatable bonds is 22. The highest BCUT2D eigenvalue weighted by Crippen LogP contribution is 2.07. The minimum absolute atomic E-state index is 0.601. The van der Waals surface area contributed by atoms with Crippen LogP contribution in [0.15, 0.2) is 0 Å². The number of hydrogen-bond acceptors (Lipinski definition) is 9. The Morgan fingerprint density at radius 1 is 0.500 bits per heavy atom. The van der Waals surface area contributed by atoms with Gasteiger partial charge in [-0.3, -0.25) is 0 Å². The van der Waals surface area contributed by atoms with Gasteiger partial charge >= 0.3 is 0 Å². The predicted molar refractivity (Wildman–Crippen MR) is 130 cm³/mol. The van der Waals surface area contributed by atoms with E-state index >= 15 is 0 Å². The lowest BCUT2D eigenvalue weighted by molar-refractivity contribution is 0.162. The summed E-state index contributed by atoms with van der Waals surface area (Å²) < 4.78 is 0. The van der Waals surface area contributed by atoms with Crippen LogP contribution in [0.3, 0.4) is 0 Å². The van der Waals surface area contributed by atoms with E-state index in [9.17, 15) is 0 Å². The topological polar surface area (TPSA) is 166 Å². The van der Waals surface area contributed by atoms with Crippen molar-refractivity contribution in [3.05, 3.63) is 0 Å². The molecule has 30 heavy (non-hydrogen) atoms. The van der Waals surface area contributed by atoms with Crippen molar-refractivity contribution in [2.75, 3.05) is 85.1 Å². The molecule has 0 aromatic rings. The number of nitrogens with two attached hydrogens (primary N) is 6. The molecule has 0 bridgehead atoms. The van der Waals surface area contributed by atoms with Gasteiger partial charge in [-0.05, 0) is 90.9 Å². The molecule has 0 aromatic carbocycles. The summed E-state index contributed by atoms with van der Waals surface area (Å²) in [5, 5.41) is 0. The van der Waals surface area contributed by atoms with E-state index in [1.54, 1.807) is 0 Å². The van der Waals surface area contributed by atoms with Gasteiger partial charge in [-0.15, -0.1) is 0 Å². The summed E-state index contributed by atoms with van der Waals surface area (Å²) in [5.74, 6) is 0.